The summed E-state index contributed by atoms with van der Waals surface area (Å²) < 4.78 is 33.0. The molecule has 182 valence electrons. The summed E-state index contributed by atoms with van der Waals surface area (Å²) in [7, 11) is -6.17. The molecule has 31 heavy (non-hydrogen) atoms. The van der Waals surface area contributed by atoms with Gasteiger partial charge in [0.2, 0.25) is 0 Å². The minimum Gasteiger partial charge on any atom is -0.299 e. The molecule has 0 aromatic heterocycles. The molecule has 5 nitrogen and oxygen atoms in total. The standard InChI is InChI=1S/C24H44O5S2/c1-8-9-10-11-12-21(25)16-30(18(2)3,19(4)5)29-31(27,28)17-24-14-13-20(15-22(24)26)23(24,6)7/h18-20H,8-17H2,1-7H3. The molecule has 0 heterocycles. The number of Topliss-reactive ketones (excluding diaryl/α,β-unsaturated/α-hetero) is 2. The van der Waals surface area contributed by atoms with Gasteiger partial charge in [-0.25, -0.2) is 3.63 Å². The fourth-order valence-electron chi connectivity index (χ4n) is 5.76. The van der Waals surface area contributed by atoms with Crippen molar-refractivity contribution in [2.45, 2.75) is 110 Å². The highest BCUT2D eigenvalue weighted by Crippen LogP contribution is 2.65. The first-order valence-electron chi connectivity index (χ1n) is 12.0. The number of unbranched alkanes of at least 4 members (excludes halogenated alkanes) is 3. The van der Waals surface area contributed by atoms with Crippen LogP contribution in [0.3, 0.4) is 0 Å². The second-order valence-corrected chi connectivity index (χ2v) is 16.5. The summed E-state index contributed by atoms with van der Waals surface area (Å²) in [4.78, 5) is 25.7. The normalized spacial score (nSPS) is 26.2. The average Bonchev–Trinajstić information content (AvgIpc) is 2.98. The monoisotopic (exact) mass is 476 g/mol. The second-order valence-electron chi connectivity index (χ2n) is 10.8. The van der Waals surface area contributed by atoms with Crippen LogP contribution in [0, 0.1) is 16.7 Å². The van der Waals surface area contributed by atoms with Crippen LogP contribution >= 0.6 is 10.3 Å². The molecule has 0 radical (unpaired) electrons. The topological polar surface area (TPSA) is 77.5 Å². The van der Waals surface area contributed by atoms with E-state index in [0.29, 0.717) is 19.3 Å². The number of carbonyl (C=O) groups excluding carboxylic acids is 2. The predicted molar refractivity (Wildman–Crippen MR) is 130 cm³/mol. The van der Waals surface area contributed by atoms with E-state index in [2.05, 4.69) is 6.92 Å². The second kappa shape index (κ2) is 9.84. The molecule has 7 heteroatoms. The summed E-state index contributed by atoms with van der Waals surface area (Å²) in [6.07, 6.45) is 6.56. The lowest BCUT2D eigenvalue weighted by molar-refractivity contribution is -0.128. The molecule has 0 saturated heterocycles. The van der Waals surface area contributed by atoms with Gasteiger partial charge < -0.3 is 0 Å². The largest absolute Gasteiger partial charge is 0.299 e. The molecule has 2 aliphatic carbocycles. The molecule has 2 bridgehead atoms. The van der Waals surface area contributed by atoms with Gasteiger partial charge in [0.15, 0.2) is 0 Å². The average molecular weight is 477 g/mol. The number of hydrogen-bond donors (Lipinski definition) is 0. The van der Waals surface area contributed by atoms with E-state index in [1.165, 1.54) is 0 Å². The first kappa shape index (κ1) is 26.8. The van der Waals surface area contributed by atoms with Crippen molar-refractivity contribution in [1.82, 2.24) is 0 Å². The van der Waals surface area contributed by atoms with Crippen LogP contribution in [0.2, 0.25) is 0 Å². The molecule has 2 unspecified atom stereocenters. The molecule has 0 aromatic carbocycles. The Labute approximate surface area is 192 Å². The van der Waals surface area contributed by atoms with Crippen molar-refractivity contribution in [3.05, 3.63) is 0 Å². The van der Waals surface area contributed by atoms with Gasteiger partial charge in [0.1, 0.15) is 11.6 Å². The van der Waals surface area contributed by atoms with Crippen LogP contribution in [-0.2, 0) is 23.3 Å². The van der Waals surface area contributed by atoms with Crippen LogP contribution in [-0.4, -0.2) is 42.0 Å². The number of hydrogen-bond acceptors (Lipinski definition) is 5. The minimum absolute atomic E-state index is 0.0667. The molecular formula is C24H44O5S2. The maximum Gasteiger partial charge on any atom is 0.277 e. The van der Waals surface area contributed by atoms with Gasteiger partial charge >= 0.3 is 0 Å². The Balaban J connectivity index is 2.23. The highest BCUT2D eigenvalue weighted by molar-refractivity contribution is 8.34. The predicted octanol–water partition coefficient (Wildman–Crippen LogP) is 5.80. The maximum atomic E-state index is 13.4. The summed E-state index contributed by atoms with van der Waals surface area (Å²) in [5.74, 6) is 0.358. The summed E-state index contributed by atoms with van der Waals surface area (Å²) in [5, 5.41) is -0.133. The zero-order valence-electron chi connectivity index (χ0n) is 20.7. The summed E-state index contributed by atoms with van der Waals surface area (Å²) in [6.45, 7) is 14.1. The summed E-state index contributed by atoms with van der Waals surface area (Å²) >= 11 is 0. The Kier molecular flexibility index (Phi) is 8.52. The van der Waals surface area contributed by atoms with Gasteiger partial charge in [-0.15, -0.1) is 10.3 Å². The SMILES string of the molecule is CCCCCCC(=O)CS(OS(=O)(=O)CC12CCC(CC1=O)C2(C)C)(C(C)C)C(C)C. The molecule has 2 atom stereocenters. The van der Waals surface area contributed by atoms with Gasteiger partial charge in [0.05, 0.1) is 16.9 Å². The van der Waals surface area contributed by atoms with E-state index in [4.69, 9.17) is 3.63 Å². The van der Waals surface area contributed by atoms with E-state index in [9.17, 15) is 18.0 Å². The van der Waals surface area contributed by atoms with E-state index in [1.54, 1.807) is 0 Å². The van der Waals surface area contributed by atoms with Gasteiger partial charge in [-0.3, -0.25) is 9.59 Å². The number of carbonyl (C=O) groups is 2. The van der Waals surface area contributed by atoms with Gasteiger partial charge in [0, 0.05) is 23.3 Å². The molecule has 0 aliphatic heterocycles. The number of rotatable bonds is 13. The first-order chi connectivity index (χ1) is 14.2. The first-order valence-corrected chi connectivity index (χ1v) is 15.4. The van der Waals surface area contributed by atoms with E-state index in [0.717, 1.165) is 32.1 Å². The summed E-state index contributed by atoms with van der Waals surface area (Å²) in [6, 6.07) is 0. The summed E-state index contributed by atoms with van der Waals surface area (Å²) in [5.41, 5.74) is -1.18. The molecule has 2 saturated carbocycles. The zero-order valence-corrected chi connectivity index (χ0v) is 22.3. The molecular weight excluding hydrogens is 432 g/mol. The van der Waals surface area contributed by atoms with Crippen LogP contribution in [0.15, 0.2) is 0 Å². The van der Waals surface area contributed by atoms with Crippen LogP contribution in [0.5, 0.6) is 0 Å². The van der Waals surface area contributed by atoms with Crippen molar-refractivity contribution in [1.29, 1.82) is 0 Å². The maximum absolute atomic E-state index is 13.4. The minimum atomic E-state index is -3.97. The lowest BCUT2D eigenvalue weighted by atomic mass is 9.70. The lowest BCUT2D eigenvalue weighted by Gasteiger charge is -2.46. The van der Waals surface area contributed by atoms with Crippen molar-refractivity contribution in [2.75, 3.05) is 11.5 Å². The van der Waals surface area contributed by atoms with Crippen molar-refractivity contribution >= 4 is 32.0 Å². The third kappa shape index (κ3) is 5.24. The Hall–Kier alpha value is -0.400. The van der Waals surface area contributed by atoms with Gasteiger partial charge in [-0.1, -0.05) is 67.7 Å². The third-order valence-corrected chi connectivity index (χ3v) is 14.7. The number of fused-ring (bicyclic) bond motifs is 2. The number of ketones is 2. The van der Waals surface area contributed by atoms with Crippen molar-refractivity contribution in [3.8, 4) is 0 Å². The quantitative estimate of drug-likeness (QED) is 0.314. The Morgan fingerprint density at radius 3 is 2.16 bits per heavy atom. The van der Waals surface area contributed by atoms with Crippen LogP contribution in [0.1, 0.15) is 99.8 Å². The Morgan fingerprint density at radius 2 is 1.71 bits per heavy atom. The molecule has 2 fully saturated rings. The van der Waals surface area contributed by atoms with Gasteiger partial charge in [-0.2, -0.15) is 8.42 Å². The van der Waals surface area contributed by atoms with Crippen LogP contribution in [0.25, 0.3) is 0 Å². The van der Waals surface area contributed by atoms with Gasteiger partial charge in [0.25, 0.3) is 10.1 Å². The van der Waals surface area contributed by atoms with Gasteiger partial charge in [-0.05, 0) is 30.6 Å². The lowest BCUT2D eigenvalue weighted by Crippen LogP contribution is -2.43. The fourth-order valence-corrected chi connectivity index (χ4v) is 12.6. The highest BCUT2D eigenvalue weighted by Gasteiger charge is 2.65. The van der Waals surface area contributed by atoms with Crippen LogP contribution in [0.4, 0.5) is 0 Å². The fraction of sp³-hybridized carbons (Fsp3) is 0.917. The van der Waals surface area contributed by atoms with Crippen LogP contribution < -0.4 is 0 Å². The molecule has 0 aromatic rings. The highest BCUT2D eigenvalue weighted by atomic mass is 32.3. The zero-order chi connectivity index (χ0) is 23.7. The molecule has 0 amide bonds. The van der Waals surface area contributed by atoms with Crippen molar-refractivity contribution in [3.63, 3.8) is 0 Å². The molecule has 0 N–H and O–H groups in total. The smallest absolute Gasteiger partial charge is 0.277 e. The Morgan fingerprint density at radius 1 is 1.10 bits per heavy atom. The van der Waals surface area contributed by atoms with E-state index < -0.39 is 25.8 Å². The van der Waals surface area contributed by atoms with Crippen molar-refractivity contribution < 1.29 is 21.6 Å². The Bertz CT molecular complexity index is 761. The van der Waals surface area contributed by atoms with E-state index >= 15 is 0 Å². The molecule has 2 rings (SSSR count). The molecule has 2 aliphatic rings. The third-order valence-electron chi connectivity index (χ3n) is 8.08. The van der Waals surface area contributed by atoms with E-state index in [-0.39, 0.29) is 44.9 Å². The van der Waals surface area contributed by atoms with Crippen molar-refractivity contribution in [2.24, 2.45) is 16.7 Å². The molecule has 0 spiro atoms. The van der Waals surface area contributed by atoms with E-state index in [1.807, 2.05) is 41.5 Å².